The van der Waals surface area contributed by atoms with Crippen LogP contribution in [0.3, 0.4) is 0 Å². The van der Waals surface area contributed by atoms with E-state index in [1.54, 1.807) is 0 Å². The lowest BCUT2D eigenvalue weighted by atomic mass is 9.95. The summed E-state index contributed by atoms with van der Waals surface area (Å²) in [6, 6.07) is 9.60. The molecule has 0 aliphatic rings. The molecule has 0 fully saturated rings. The summed E-state index contributed by atoms with van der Waals surface area (Å²) in [5.41, 5.74) is 0.298. The van der Waals surface area contributed by atoms with E-state index < -0.39 is 5.41 Å². The van der Waals surface area contributed by atoms with Gasteiger partial charge in [0.1, 0.15) is 6.61 Å². The minimum Gasteiger partial charge on any atom is -0.460 e. The van der Waals surface area contributed by atoms with Gasteiger partial charge in [-0.25, -0.2) is 0 Å². The summed E-state index contributed by atoms with van der Waals surface area (Å²) in [6.45, 7) is 4.20. The Bertz CT molecular complexity index is 409. The van der Waals surface area contributed by atoms with E-state index in [2.05, 4.69) is 0 Å². The van der Waals surface area contributed by atoms with Gasteiger partial charge in [-0.2, -0.15) is 0 Å². The van der Waals surface area contributed by atoms with Gasteiger partial charge in [0.05, 0.1) is 12.0 Å². The van der Waals surface area contributed by atoms with Gasteiger partial charge in [0.15, 0.2) is 0 Å². The monoisotopic (exact) mass is 330 g/mol. The molecule has 0 saturated carbocycles. The summed E-state index contributed by atoms with van der Waals surface area (Å²) in [4.78, 5) is 12.1. The van der Waals surface area contributed by atoms with Crippen molar-refractivity contribution < 1.29 is 18.3 Å². The third kappa shape index (κ3) is 7.76. The van der Waals surface area contributed by atoms with Crippen molar-refractivity contribution in [3.05, 3.63) is 35.9 Å². The van der Waals surface area contributed by atoms with Gasteiger partial charge in [-0.15, -0.1) is 0 Å². The predicted octanol–water partition coefficient (Wildman–Crippen LogP) is 4.02. The topological polar surface area (TPSA) is 55.8 Å². The van der Waals surface area contributed by atoms with Crippen molar-refractivity contribution in [1.82, 2.24) is 0 Å². The molecule has 118 valence electrons. The van der Waals surface area contributed by atoms with Crippen molar-refractivity contribution in [2.75, 3.05) is 18.1 Å². The van der Waals surface area contributed by atoms with E-state index in [0.717, 1.165) is 29.8 Å². The van der Waals surface area contributed by atoms with Gasteiger partial charge in [-0.1, -0.05) is 30.3 Å². The molecule has 1 aromatic carbocycles. The molecular formula is C15H22O4S2. The molecule has 4 nitrogen and oxygen atoms in total. The van der Waals surface area contributed by atoms with Crippen molar-refractivity contribution in [1.29, 1.82) is 0 Å². The Morgan fingerprint density at radius 2 is 1.95 bits per heavy atom. The smallest absolute Gasteiger partial charge is 0.314 e. The molecule has 0 aliphatic heterocycles. The van der Waals surface area contributed by atoms with Crippen molar-refractivity contribution in [2.45, 2.75) is 26.9 Å². The van der Waals surface area contributed by atoms with Gasteiger partial charge in [-0.3, -0.25) is 4.79 Å². The van der Waals surface area contributed by atoms with Crippen LogP contribution in [-0.2, 0) is 20.3 Å². The minimum atomic E-state index is -0.673. The van der Waals surface area contributed by atoms with Gasteiger partial charge >= 0.3 is 5.97 Å². The summed E-state index contributed by atoms with van der Waals surface area (Å²) < 4.78 is 19.4. The Labute approximate surface area is 135 Å². The Kier molecular flexibility index (Phi) is 8.84. The van der Waals surface area contributed by atoms with Crippen LogP contribution < -0.4 is 0 Å². The predicted molar refractivity (Wildman–Crippen MR) is 88.1 cm³/mol. The van der Waals surface area contributed by atoms with Gasteiger partial charge in [-0.05, 0) is 49.9 Å². The van der Waals surface area contributed by atoms with Gasteiger partial charge in [0.2, 0.25) is 0 Å². The Hall–Kier alpha value is -0.690. The van der Waals surface area contributed by atoms with Gasteiger partial charge in [0, 0.05) is 11.5 Å². The van der Waals surface area contributed by atoms with Crippen molar-refractivity contribution in [2.24, 2.45) is 5.41 Å². The lowest BCUT2D eigenvalue weighted by Crippen LogP contribution is -2.30. The van der Waals surface area contributed by atoms with Crippen molar-refractivity contribution >= 4 is 30.1 Å². The van der Waals surface area contributed by atoms with E-state index in [9.17, 15) is 4.79 Å². The molecule has 0 heterocycles. The highest BCUT2D eigenvalue weighted by molar-refractivity contribution is 7.95. The number of hydrogen-bond donors (Lipinski definition) is 1. The third-order valence-electron chi connectivity index (χ3n) is 2.73. The number of carbonyl (C=O) groups is 1. The highest BCUT2D eigenvalue weighted by Gasteiger charge is 2.30. The van der Waals surface area contributed by atoms with Crippen LogP contribution in [0.5, 0.6) is 0 Å². The standard InChI is InChI=1S/C15H22O4S2/c1-15(2,12-19-21-10-6-9-20-17)14(16)18-11-13-7-4-3-5-8-13/h3-5,7-8,17H,6,9-12H2,1-2H3. The van der Waals surface area contributed by atoms with Crippen LogP contribution in [0.15, 0.2) is 30.3 Å². The summed E-state index contributed by atoms with van der Waals surface area (Å²) in [7, 11) is 0. The molecule has 0 radical (unpaired) electrons. The number of hydrogen-bond acceptors (Lipinski definition) is 6. The number of esters is 1. The van der Waals surface area contributed by atoms with Crippen LogP contribution in [0.25, 0.3) is 0 Å². The number of carbonyl (C=O) groups excluding carboxylic acids is 1. The van der Waals surface area contributed by atoms with E-state index >= 15 is 0 Å². The maximum Gasteiger partial charge on any atom is 0.314 e. The van der Waals surface area contributed by atoms with Crippen molar-refractivity contribution in [3.8, 4) is 0 Å². The summed E-state index contributed by atoms with van der Waals surface area (Å²) >= 11 is 2.15. The molecular weight excluding hydrogens is 308 g/mol. The molecule has 0 amide bonds. The number of benzene rings is 1. The zero-order chi connectivity index (χ0) is 15.6. The largest absolute Gasteiger partial charge is 0.460 e. The Morgan fingerprint density at radius 3 is 2.62 bits per heavy atom. The fraction of sp³-hybridized carbons (Fsp3) is 0.533. The molecule has 0 unspecified atom stereocenters. The minimum absolute atomic E-state index is 0.266. The molecule has 6 heteroatoms. The Morgan fingerprint density at radius 1 is 1.24 bits per heavy atom. The lowest BCUT2D eigenvalue weighted by molar-refractivity contribution is -0.156. The molecule has 1 aromatic rings. The van der Waals surface area contributed by atoms with Crippen molar-refractivity contribution in [3.63, 3.8) is 0 Å². The van der Waals surface area contributed by atoms with Crippen LogP contribution in [0.1, 0.15) is 25.8 Å². The van der Waals surface area contributed by atoms with Crippen LogP contribution in [0.4, 0.5) is 0 Å². The van der Waals surface area contributed by atoms with E-state index in [1.165, 1.54) is 12.0 Å². The second kappa shape index (κ2) is 10.1. The quantitative estimate of drug-likeness (QED) is 0.397. The zero-order valence-electron chi connectivity index (χ0n) is 12.4. The van der Waals surface area contributed by atoms with Gasteiger partial charge in [0.25, 0.3) is 0 Å². The van der Waals surface area contributed by atoms with E-state index in [4.69, 9.17) is 13.5 Å². The number of ether oxygens (including phenoxy) is 1. The number of rotatable bonds is 10. The zero-order valence-corrected chi connectivity index (χ0v) is 14.0. The lowest BCUT2D eigenvalue weighted by Gasteiger charge is -2.21. The van der Waals surface area contributed by atoms with E-state index in [0.29, 0.717) is 12.4 Å². The fourth-order valence-electron chi connectivity index (χ4n) is 1.41. The highest BCUT2D eigenvalue weighted by Crippen LogP contribution is 2.22. The van der Waals surface area contributed by atoms with Crippen LogP contribution in [0.2, 0.25) is 0 Å². The molecule has 1 rings (SSSR count). The molecule has 0 saturated heterocycles. The second-order valence-corrected chi connectivity index (χ2v) is 6.76. The first-order chi connectivity index (χ1) is 10.1. The first-order valence-electron chi connectivity index (χ1n) is 6.78. The van der Waals surface area contributed by atoms with Crippen LogP contribution >= 0.6 is 24.1 Å². The third-order valence-corrected chi connectivity index (χ3v) is 3.94. The summed E-state index contributed by atoms with van der Waals surface area (Å²) in [5.74, 6) is 1.22. The average Bonchev–Trinajstić information content (AvgIpc) is 2.49. The molecule has 1 N–H and O–H groups in total. The maximum atomic E-state index is 12.1. The highest BCUT2D eigenvalue weighted by atomic mass is 32.2. The van der Waals surface area contributed by atoms with E-state index in [-0.39, 0.29) is 12.6 Å². The second-order valence-electron chi connectivity index (χ2n) is 5.22. The summed E-state index contributed by atoms with van der Waals surface area (Å²) in [6.07, 6.45) is 0.866. The molecule has 0 aliphatic carbocycles. The molecule has 21 heavy (non-hydrogen) atoms. The SMILES string of the molecule is CC(C)(COSCCCSO)C(=O)OCc1ccccc1. The summed E-state index contributed by atoms with van der Waals surface area (Å²) in [5, 5.41) is 0. The normalized spacial score (nSPS) is 11.4. The molecule has 0 atom stereocenters. The average molecular weight is 330 g/mol. The first-order valence-corrected chi connectivity index (χ1v) is 8.63. The van der Waals surface area contributed by atoms with E-state index in [1.807, 2.05) is 44.2 Å². The molecule has 0 spiro atoms. The molecule has 0 aromatic heterocycles. The first kappa shape index (κ1) is 18.4. The maximum absolute atomic E-state index is 12.1. The fourth-order valence-corrected chi connectivity index (χ4v) is 2.62. The Balaban J connectivity index is 2.24. The van der Waals surface area contributed by atoms with Crippen LogP contribution in [-0.4, -0.2) is 28.6 Å². The van der Waals surface area contributed by atoms with Crippen LogP contribution in [0, 0.1) is 5.41 Å². The van der Waals surface area contributed by atoms with Gasteiger partial charge < -0.3 is 13.5 Å². The molecule has 0 bridgehead atoms.